The Bertz CT molecular complexity index is 1220. The van der Waals surface area contributed by atoms with Gasteiger partial charge < -0.3 is 24.2 Å². The van der Waals surface area contributed by atoms with Crippen molar-refractivity contribution in [3.8, 4) is 17.2 Å². The lowest BCUT2D eigenvalue weighted by atomic mass is 9.94. The summed E-state index contributed by atoms with van der Waals surface area (Å²) in [4.78, 5) is 28.7. The number of ketones is 1. The predicted octanol–water partition coefficient (Wildman–Crippen LogP) is 4.40. The molecule has 0 bridgehead atoms. The molecule has 1 fully saturated rings. The third-order valence-electron chi connectivity index (χ3n) is 5.52. The van der Waals surface area contributed by atoms with Gasteiger partial charge in [-0.1, -0.05) is 18.2 Å². The Hall–Kier alpha value is -3.78. The van der Waals surface area contributed by atoms with Crippen LogP contribution in [0.4, 0.5) is 0 Å². The van der Waals surface area contributed by atoms with Crippen molar-refractivity contribution in [1.29, 1.82) is 0 Å². The van der Waals surface area contributed by atoms with Crippen LogP contribution in [0.3, 0.4) is 0 Å². The highest BCUT2D eigenvalue weighted by Gasteiger charge is 2.46. The summed E-state index contributed by atoms with van der Waals surface area (Å²) in [6.45, 7) is 0.237. The molecule has 0 radical (unpaired) electrons. The number of ether oxygens (including phenoxy) is 3. The Balaban J connectivity index is 1.90. The zero-order valence-corrected chi connectivity index (χ0v) is 19.2. The van der Waals surface area contributed by atoms with Gasteiger partial charge in [-0.2, -0.15) is 0 Å². The van der Waals surface area contributed by atoms with Crippen LogP contribution in [0, 0.1) is 0 Å². The number of aliphatic hydroxyl groups is 1. The number of carbonyl (C=O) groups is 2. The lowest BCUT2D eigenvalue weighted by Gasteiger charge is -2.25. The maximum Gasteiger partial charge on any atom is 0.295 e. The molecule has 2 heterocycles. The van der Waals surface area contributed by atoms with E-state index in [-0.39, 0.29) is 17.9 Å². The summed E-state index contributed by atoms with van der Waals surface area (Å²) in [5, 5.41) is 13.2. The fourth-order valence-electron chi connectivity index (χ4n) is 3.91. The second-order valence-corrected chi connectivity index (χ2v) is 8.38. The molecule has 0 spiro atoms. The van der Waals surface area contributed by atoms with E-state index >= 15 is 0 Å². The van der Waals surface area contributed by atoms with Gasteiger partial charge in [-0.25, -0.2) is 0 Å². The first kappa shape index (κ1) is 22.4. The van der Waals surface area contributed by atoms with Crippen LogP contribution in [0.1, 0.15) is 22.0 Å². The summed E-state index contributed by atoms with van der Waals surface area (Å²) < 4.78 is 16.0. The lowest BCUT2D eigenvalue weighted by molar-refractivity contribution is -0.140. The van der Waals surface area contributed by atoms with Crippen molar-refractivity contribution in [3.05, 3.63) is 81.6 Å². The van der Waals surface area contributed by atoms with Crippen molar-refractivity contribution < 1.29 is 28.9 Å². The summed E-state index contributed by atoms with van der Waals surface area (Å²) in [6.07, 6.45) is 0. The van der Waals surface area contributed by atoms with Crippen molar-refractivity contribution in [2.24, 2.45) is 0 Å². The second-order valence-electron chi connectivity index (χ2n) is 7.35. The number of thiophene rings is 1. The number of nitrogens with zero attached hydrogens (tertiary/aromatic N) is 1. The maximum atomic E-state index is 13.2. The van der Waals surface area contributed by atoms with Crippen LogP contribution >= 0.6 is 11.3 Å². The average Bonchev–Trinajstić information content (AvgIpc) is 3.45. The summed E-state index contributed by atoms with van der Waals surface area (Å²) in [5.74, 6) is -0.308. The molecule has 1 aliphatic heterocycles. The number of hydrogen-bond acceptors (Lipinski definition) is 7. The number of amides is 1. The highest BCUT2D eigenvalue weighted by Crippen LogP contribution is 2.43. The zero-order chi connectivity index (χ0) is 23.5. The highest BCUT2D eigenvalue weighted by atomic mass is 32.1. The Kier molecular flexibility index (Phi) is 6.37. The molecule has 1 N–H and O–H groups in total. The van der Waals surface area contributed by atoms with Gasteiger partial charge in [0.05, 0.1) is 45.1 Å². The summed E-state index contributed by atoms with van der Waals surface area (Å²) in [7, 11) is 4.53. The van der Waals surface area contributed by atoms with E-state index in [1.165, 1.54) is 30.5 Å². The minimum atomic E-state index is -0.797. The van der Waals surface area contributed by atoms with Gasteiger partial charge in [0, 0.05) is 10.9 Å². The number of rotatable bonds is 7. The molecule has 0 saturated carbocycles. The predicted molar refractivity (Wildman–Crippen MR) is 125 cm³/mol. The SMILES string of the molecule is COc1cccc(C2/C(=C(/O)c3ccc(OC)cc3OC)C(=O)C(=O)N2Cc2cccs2)c1. The van der Waals surface area contributed by atoms with E-state index in [0.717, 1.165) is 4.88 Å². The number of Topliss-reactive ketones (excluding diaryl/α,β-unsaturated/α-hetero) is 1. The van der Waals surface area contributed by atoms with E-state index < -0.39 is 17.7 Å². The fourth-order valence-corrected chi connectivity index (χ4v) is 4.61. The molecule has 2 aromatic carbocycles. The summed E-state index contributed by atoms with van der Waals surface area (Å²) in [5.41, 5.74) is 0.938. The molecule has 1 aromatic heterocycles. The Labute approximate surface area is 195 Å². The summed E-state index contributed by atoms with van der Waals surface area (Å²) >= 11 is 1.49. The normalized spacial score (nSPS) is 17.3. The molecule has 170 valence electrons. The van der Waals surface area contributed by atoms with E-state index in [0.29, 0.717) is 28.4 Å². The van der Waals surface area contributed by atoms with Gasteiger partial charge >= 0.3 is 0 Å². The molecule has 1 amide bonds. The molecular formula is C25H23NO6S. The van der Waals surface area contributed by atoms with Crippen LogP contribution in [-0.4, -0.2) is 43.0 Å². The van der Waals surface area contributed by atoms with Crippen molar-refractivity contribution in [2.75, 3.05) is 21.3 Å². The molecule has 7 nitrogen and oxygen atoms in total. The third kappa shape index (κ3) is 4.17. The van der Waals surface area contributed by atoms with Gasteiger partial charge in [0.25, 0.3) is 11.7 Å². The van der Waals surface area contributed by atoms with Crippen LogP contribution < -0.4 is 14.2 Å². The average molecular weight is 466 g/mol. The molecule has 4 rings (SSSR count). The van der Waals surface area contributed by atoms with Gasteiger partial charge in [0.2, 0.25) is 0 Å². The third-order valence-corrected chi connectivity index (χ3v) is 6.38. The minimum absolute atomic E-state index is 0.00623. The number of likely N-dealkylation sites (tertiary alicyclic amines) is 1. The first-order chi connectivity index (χ1) is 16.0. The first-order valence-corrected chi connectivity index (χ1v) is 11.0. The topological polar surface area (TPSA) is 85.3 Å². The van der Waals surface area contributed by atoms with Crippen LogP contribution in [0.5, 0.6) is 17.2 Å². The van der Waals surface area contributed by atoms with Crippen molar-refractivity contribution in [1.82, 2.24) is 4.90 Å². The Morgan fingerprint density at radius 2 is 1.73 bits per heavy atom. The number of carbonyl (C=O) groups excluding carboxylic acids is 2. The van der Waals surface area contributed by atoms with Crippen LogP contribution in [0.25, 0.3) is 5.76 Å². The largest absolute Gasteiger partial charge is 0.507 e. The Morgan fingerprint density at radius 3 is 2.39 bits per heavy atom. The van der Waals surface area contributed by atoms with Crippen LogP contribution in [0.15, 0.2) is 65.6 Å². The van der Waals surface area contributed by atoms with E-state index in [1.807, 2.05) is 17.5 Å². The number of methoxy groups -OCH3 is 3. The van der Waals surface area contributed by atoms with E-state index in [4.69, 9.17) is 14.2 Å². The van der Waals surface area contributed by atoms with Gasteiger partial charge in [-0.3, -0.25) is 9.59 Å². The molecule has 33 heavy (non-hydrogen) atoms. The monoisotopic (exact) mass is 465 g/mol. The highest BCUT2D eigenvalue weighted by molar-refractivity contribution is 7.09. The molecule has 1 aliphatic rings. The smallest absolute Gasteiger partial charge is 0.295 e. The van der Waals surface area contributed by atoms with Crippen molar-refractivity contribution in [3.63, 3.8) is 0 Å². The number of hydrogen-bond donors (Lipinski definition) is 1. The lowest BCUT2D eigenvalue weighted by Crippen LogP contribution is -2.28. The van der Waals surface area contributed by atoms with E-state index in [9.17, 15) is 14.7 Å². The molecule has 1 saturated heterocycles. The van der Waals surface area contributed by atoms with Crippen molar-refractivity contribution in [2.45, 2.75) is 12.6 Å². The van der Waals surface area contributed by atoms with Gasteiger partial charge in [0.1, 0.15) is 23.0 Å². The van der Waals surface area contributed by atoms with Crippen LogP contribution in [0.2, 0.25) is 0 Å². The zero-order valence-electron chi connectivity index (χ0n) is 18.4. The first-order valence-electron chi connectivity index (χ1n) is 10.2. The molecule has 1 atom stereocenters. The van der Waals surface area contributed by atoms with Crippen LogP contribution in [-0.2, 0) is 16.1 Å². The second kappa shape index (κ2) is 9.38. The fraction of sp³-hybridized carbons (Fsp3) is 0.200. The number of benzene rings is 2. The quantitative estimate of drug-likeness (QED) is 0.316. The van der Waals surface area contributed by atoms with E-state index in [1.54, 1.807) is 49.6 Å². The van der Waals surface area contributed by atoms with Gasteiger partial charge in [-0.05, 0) is 41.3 Å². The molecule has 8 heteroatoms. The maximum absolute atomic E-state index is 13.2. The molecular weight excluding hydrogens is 442 g/mol. The van der Waals surface area contributed by atoms with Gasteiger partial charge in [0.15, 0.2) is 0 Å². The molecule has 1 unspecified atom stereocenters. The minimum Gasteiger partial charge on any atom is -0.507 e. The standard InChI is InChI=1S/C25H23NO6S/c1-30-16-7-4-6-15(12-16)22-21(23(27)19-10-9-17(31-2)13-20(19)32-3)24(28)25(29)26(22)14-18-8-5-11-33-18/h4-13,22,27H,14H2,1-3H3/b23-21-. The molecule has 0 aliphatic carbocycles. The summed E-state index contributed by atoms with van der Waals surface area (Å²) in [6, 6.07) is 15.0. The Morgan fingerprint density at radius 1 is 0.970 bits per heavy atom. The molecule has 3 aromatic rings. The number of aliphatic hydroxyl groups excluding tert-OH is 1. The van der Waals surface area contributed by atoms with E-state index in [2.05, 4.69) is 0 Å². The van der Waals surface area contributed by atoms with Gasteiger partial charge in [-0.15, -0.1) is 11.3 Å². The van der Waals surface area contributed by atoms with Crippen molar-refractivity contribution >= 4 is 28.8 Å².